The van der Waals surface area contributed by atoms with Gasteiger partial charge in [-0.1, -0.05) is 29.8 Å². The summed E-state index contributed by atoms with van der Waals surface area (Å²) in [7, 11) is 0. The minimum Gasteiger partial charge on any atom is -0.451 e. The van der Waals surface area contributed by atoms with Gasteiger partial charge in [0.05, 0.1) is 5.02 Å². The van der Waals surface area contributed by atoms with E-state index in [0.717, 1.165) is 11.1 Å². The summed E-state index contributed by atoms with van der Waals surface area (Å²) in [6.45, 7) is 1.84. The highest BCUT2D eigenvalue weighted by atomic mass is 35.5. The molecule has 0 saturated carbocycles. The second-order valence-electron chi connectivity index (χ2n) is 4.26. The molecule has 0 aliphatic heterocycles. The van der Waals surface area contributed by atoms with Gasteiger partial charge in [-0.25, -0.2) is 4.98 Å². The lowest BCUT2D eigenvalue weighted by Crippen LogP contribution is -2.03. The van der Waals surface area contributed by atoms with Crippen molar-refractivity contribution >= 4 is 28.4 Å². The fraction of sp³-hybridized carbons (Fsp3) is 0.0667. The Kier molecular flexibility index (Phi) is 2.84. The molecule has 3 aromatic rings. The molecule has 0 aliphatic carbocycles. The lowest BCUT2D eigenvalue weighted by atomic mass is 10.2. The van der Waals surface area contributed by atoms with Crippen LogP contribution in [0.5, 0.6) is 0 Å². The van der Waals surface area contributed by atoms with E-state index < -0.39 is 0 Å². The van der Waals surface area contributed by atoms with Gasteiger partial charge < -0.3 is 4.42 Å². The van der Waals surface area contributed by atoms with Crippen LogP contribution in [-0.4, -0.2) is 10.8 Å². The van der Waals surface area contributed by atoms with E-state index >= 15 is 0 Å². The molecule has 1 aromatic carbocycles. The van der Waals surface area contributed by atoms with Crippen LogP contribution in [0.1, 0.15) is 21.9 Å². The second-order valence-corrected chi connectivity index (χ2v) is 4.67. The van der Waals surface area contributed by atoms with E-state index in [1.54, 1.807) is 24.3 Å². The minimum atomic E-state index is -0.240. The van der Waals surface area contributed by atoms with Crippen molar-refractivity contribution in [2.75, 3.05) is 0 Å². The number of hydrogen-bond donors (Lipinski definition) is 0. The Balaban J connectivity index is 2.09. The maximum atomic E-state index is 12.3. The fourth-order valence-electron chi connectivity index (χ4n) is 1.94. The quantitative estimate of drug-likeness (QED) is 0.661. The molecule has 94 valence electrons. The first-order valence-electron chi connectivity index (χ1n) is 5.81. The number of aryl methyl sites for hydroxylation is 1. The summed E-state index contributed by atoms with van der Waals surface area (Å²) in [4.78, 5) is 16.5. The number of ketones is 1. The highest BCUT2D eigenvalue weighted by Gasteiger charge is 2.16. The number of fused-ring (bicyclic) bond motifs is 1. The Morgan fingerprint density at radius 2 is 2.00 bits per heavy atom. The predicted octanol–water partition coefficient (Wildman–Crippen LogP) is 4.02. The Hall–Kier alpha value is -2.13. The summed E-state index contributed by atoms with van der Waals surface area (Å²) >= 11 is 6.03. The molecule has 0 radical (unpaired) electrons. The number of carbonyl (C=O) groups is 1. The molecule has 2 aromatic heterocycles. The molecule has 0 unspecified atom stereocenters. The van der Waals surface area contributed by atoms with Gasteiger partial charge in [0.25, 0.3) is 0 Å². The van der Waals surface area contributed by atoms with E-state index in [4.69, 9.17) is 16.0 Å². The molecule has 0 spiro atoms. The molecule has 0 saturated heterocycles. The molecule has 0 N–H and O–H groups in total. The van der Waals surface area contributed by atoms with Crippen LogP contribution in [0.25, 0.3) is 11.0 Å². The van der Waals surface area contributed by atoms with E-state index in [1.165, 1.54) is 0 Å². The minimum absolute atomic E-state index is 0.240. The standard InChI is InChI=1S/C15H10ClNO2/c1-9-4-2-7-12(17-9)14(18)13-8-10-5-3-6-11(16)15(10)19-13/h2-8H,1H3. The summed E-state index contributed by atoms with van der Waals surface area (Å²) in [5.74, 6) is 0.0113. The van der Waals surface area contributed by atoms with Crippen LogP contribution in [-0.2, 0) is 0 Å². The lowest BCUT2D eigenvalue weighted by molar-refractivity contribution is 0.101. The van der Waals surface area contributed by atoms with Gasteiger partial charge in [-0.05, 0) is 31.2 Å². The average Bonchev–Trinajstić information content (AvgIpc) is 2.83. The molecule has 0 atom stereocenters. The molecular formula is C15H10ClNO2. The van der Waals surface area contributed by atoms with Crippen molar-refractivity contribution in [3.05, 3.63) is 64.6 Å². The van der Waals surface area contributed by atoms with Crippen molar-refractivity contribution in [3.63, 3.8) is 0 Å². The van der Waals surface area contributed by atoms with Gasteiger partial charge in [0, 0.05) is 11.1 Å². The number of carbonyl (C=O) groups excluding carboxylic acids is 1. The SMILES string of the molecule is Cc1cccc(C(=O)c2cc3cccc(Cl)c3o2)n1. The van der Waals surface area contributed by atoms with Crippen LogP contribution in [0.4, 0.5) is 0 Å². The van der Waals surface area contributed by atoms with Gasteiger partial charge in [0.1, 0.15) is 5.69 Å². The third kappa shape index (κ3) is 2.13. The van der Waals surface area contributed by atoms with Gasteiger partial charge in [-0.2, -0.15) is 0 Å². The van der Waals surface area contributed by atoms with E-state index in [0.29, 0.717) is 16.3 Å². The molecule has 0 fully saturated rings. The van der Waals surface area contributed by atoms with Crippen molar-refractivity contribution in [3.8, 4) is 0 Å². The summed E-state index contributed by atoms with van der Waals surface area (Å²) < 4.78 is 5.53. The van der Waals surface area contributed by atoms with Crippen LogP contribution >= 0.6 is 11.6 Å². The highest BCUT2D eigenvalue weighted by Crippen LogP contribution is 2.27. The number of benzene rings is 1. The molecule has 0 bridgehead atoms. The average molecular weight is 272 g/mol. The topological polar surface area (TPSA) is 43.1 Å². The number of halogens is 1. The third-order valence-corrected chi connectivity index (χ3v) is 3.14. The molecule has 4 heteroatoms. The monoisotopic (exact) mass is 271 g/mol. The molecule has 2 heterocycles. The van der Waals surface area contributed by atoms with Crippen molar-refractivity contribution in [2.24, 2.45) is 0 Å². The smallest absolute Gasteiger partial charge is 0.246 e. The number of pyridine rings is 1. The van der Waals surface area contributed by atoms with E-state index in [9.17, 15) is 4.79 Å². The van der Waals surface area contributed by atoms with E-state index in [2.05, 4.69) is 4.98 Å². The number of nitrogens with zero attached hydrogens (tertiary/aromatic N) is 1. The third-order valence-electron chi connectivity index (χ3n) is 2.84. The van der Waals surface area contributed by atoms with Crippen molar-refractivity contribution in [1.82, 2.24) is 4.98 Å². The van der Waals surface area contributed by atoms with Gasteiger partial charge >= 0.3 is 0 Å². The zero-order valence-electron chi connectivity index (χ0n) is 10.2. The number of aromatic nitrogens is 1. The summed E-state index contributed by atoms with van der Waals surface area (Å²) in [6.07, 6.45) is 0. The Morgan fingerprint density at radius 3 is 2.74 bits per heavy atom. The number of furan rings is 1. The normalized spacial score (nSPS) is 10.8. The first-order valence-corrected chi connectivity index (χ1v) is 6.19. The first-order chi connectivity index (χ1) is 9.15. The van der Waals surface area contributed by atoms with Crippen molar-refractivity contribution < 1.29 is 9.21 Å². The second kappa shape index (κ2) is 4.52. The zero-order valence-corrected chi connectivity index (χ0v) is 10.9. The molecule has 3 rings (SSSR count). The van der Waals surface area contributed by atoms with Gasteiger partial charge in [0.15, 0.2) is 11.3 Å². The Morgan fingerprint density at radius 1 is 1.21 bits per heavy atom. The van der Waals surface area contributed by atoms with Crippen LogP contribution in [0.2, 0.25) is 5.02 Å². The zero-order chi connectivity index (χ0) is 13.4. The van der Waals surface area contributed by atoms with Crippen LogP contribution in [0.3, 0.4) is 0 Å². The summed E-state index contributed by atoms with van der Waals surface area (Å²) in [5, 5.41) is 1.30. The van der Waals surface area contributed by atoms with Crippen LogP contribution in [0, 0.1) is 6.92 Å². The van der Waals surface area contributed by atoms with Gasteiger partial charge in [-0.3, -0.25) is 4.79 Å². The maximum Gasteiger partial charge on any atom is 0.246 e. The number of rotatable bonds is 2. The van der Waals surface area contributed by atoms with Gasteiger partial charge in [0.2, 0.25) is 5.78 Å². The molecule has 0 aliphatic rings. The lowest BCUT2D eigenvalue weighted by Gasteiger charge is -1.97. The van der Waals surface area contributed by atoms with Crippen molar-refractivity contribution in [1.29, 1.82) is 0 Å². The van der Waals surface area contributed by atoms with E-state index in [-0.39, 0.29) is 11.5 Å². The summed E-state index contributed by atoms with van der Waals surface area (Å²) in [6, 6.07) is 12.4. The van der Waals surface area contributed by atoms with Gasteiger partial charge in [-0.15, -0.1) is 0 Å². The van der Waals surface area contributed by atoms with Crippen LogP contribution in [0.15, 0.2) is 46.9 Å². The summed E-state index contributed by atoms with van der Waals surface area (Å²) in [5.41, 5.74) is 1.69. The van der Waals surface area contributed by atoms with Crippen molar-refractivity contribution in [2.45, 2.75) is 6.92 Å². The maximum absolute atomic E-state index is 12.3. The predicted molar refractivity (Wildman–Crippen MR) is 73.6 cm³/mol. The Bertz CT molecular complexity index is 777. The Labute approximate surface area is 114 Å². The number of hydrogen-bond acceptors (Lipinski definition) is 3. The number of para-hydroxylation sites is 1. The largest absolute Gasteiger partial charge is 0.451 e. The fourth-order valence-corrected chi connectivity index (χ4v) is 2.16. The first kappa shape index (κ1) is 11.9. The highest BCUT2D eigenvalue weighted by molar-refractivity contribution is 6.35. The van der Waals surface area contributed by atoms with Crippen LogP contribution < -0.4 is 0 Å². The van der Waals surface area contributed by atoms with E-state index in [1.807, 2.05) is 25.1 Å². The molecule has 0 amide bonds. The molecular weight excluding hydrogens is 262 g/mol. The molecule has 3 nitrogen and oxygen atoms in total. The molecule has 19 heavy (non-hydrogen) atoms.